The molecule has 22 heavy (non-hydrogen) atoms. The predicted molar refractivity (Wildman–Crippen MR) is 88.8 cm³/mol. The van der Waals surface area contributed by atoms with Crippen LogP contribution in [-0.2, 0) is 4.79 Å². The number of amides is 1. The maximum atomic E-state index is 12.0. The minimum absolute atomic E-state index is 0. The van der Waals surface area contributed by atoms with Gasteiger partial charge in [0, 0.05) is 6.54 Å². The minimum Gasteiger partial charge on any atom is -0.493 e. The fourth-order valence-corrected chi connectivity index (χ4v) is 2.78. The van der Waals surface area contributed by atoms with E-state index in [0.717, 1.165) is 25.7 Å². The number of hydrogen-bond donors (Lipinski definition) is 2. The van der Waals surface area contributed by atoms with E-state index >= 15 is 0 Å². The van der Waals surface area contributed by atoms with E-state index in [0.29, 0.717) is 31.1 Å². The number of rotatable bonds is 7. The molecule has 124 valence electrons. The highest BCUT2D eigenvalue weighted by Crippen LogP contribution is 2.29. The minimum atomic E-state index is -0.193. The van der Waals surface area contributed by atoms with Gasteiger partial charge in [-0.3, -0.25) is 4.79 Å². The molecule has 0 unspecified atom stereocenters. The Kier molecular flexibility index (Phi) is 7.48. The second-order valence-corrected chi connectivity index (χ2v) is 5.49. The molecule has 0 bridgehead atoms. The smallest absolute Gasteiger partial charge is 0.223 e. The van der Waals surface area contributed by atoms with Crippen LogP contribution in [0.15, 0.2) is 24.3 Å². The number of nitrogens with two attached hydrogens (primary N) is 1. The molecule has 0 saturated heterocycles. The number of para-hydroxylation sites is 2. The predicted octanol–water partition coefficient (Wildman–Crippen LogP) is 2.27. The first-order valence-corrected chi connectivity index (χ1v) is 7.46. The van der Waals surface area contributed by atoms with Crippen LogP contribution in [0.1, 0.15) is 32.1 Å². The standard InChI is InChI=1S/C16H24N2O3.ClH/c1-20-13-6-2-3-7-14(13)21-11-8-15(19)18-16(12-17)9-4-5-10-16;/h2-3,6-7H,4-5,8-12,17H2,1H3,(H,18,19);1H. The van der Waals surface area contributed by atoms with Crippen LogP contribution in [0.3, 0.4) is 0 Å². The van der Waals surface area contributed by atoms with Gasteiger partial charge in [0.1, 0.15) is 0 Å². The highest BCUT2D eigenvalue weighted by atomic mass is 35.5. The number of benzene rings is 1. The van der Waals surface area contributed by atoms with Crippen molar-refractivity contribution >= 4 is 18.3 Å². The Morgan fingerprint density at radius 2 is 1.91 bits per heavy atom. The molecular formula is C16H25ClN2O3. The van der Waals surface area contributed by atoms with E-state index in [4.69, 9.17) is 15.2 Å². The Labute approximate surface area is 138 Å². The van der Waals surface area contributed by atoms with Gasteiger partial charge in [0.2, 0.25) is 5.91 Å². The van der Waals surface area contributed by atoms with Gasteiger partial charge in [-0.2, -0.15) is 0 Å². The van der Waals surface area contributed by atoms with Crippen molar-refractivity contribution in [3.63, 3.8) is 0 Å². The summed E-state index contributed by atoms with van der Waals surface area (Å²) in [6.07, 6.45) is 4.54. The lowest BCUT2D eigenvalue weighted by molar-refractivity contribution is -0.123. The molecule has 0 aromatic heterocycles. The average molecular weight is 329 g/mol. The maximum Gasteiger partial charge on any atom is 0.223 e. The van der Waals surface area contributed by atoms with Crippen LogP contribution < -0.4 is 20.5 Å². The van der Waals surface area contributed by atoms with Crippen molar-refractivity contribution < 1.29 is 14.3 Å². The van der Waals surface area contributed by atoms with Crippen LogP contribution in [0, 0.1) is 0 Å². The third-order valence-corrected chi connectivity index (χ3v) is 4.01. The van der Waals surface area contributed by atoms with E-state index in [1.54, 1.807) is 7.11 Å². The van der Waals surface area contributed by atoms with Gasteiger partial charge in [0.25, 0.3) is 0 Å². The number of carbonyl (C=O) groups is 1. The molecule has 0 heterocycles. The second-order valence-electron chi connectivity index (χ2n) is 5.49. The van der Waals surface area contributed by atoms with Gasteiger partial charge in [-0.05, 0) is 25.0 Å². The summed E-state index contributed by atoms with van der Waals surface area (Å²) >= 11 is 0. The fourth-order valence-electron chi connectivity index (χ4n) is 2.78. The highest BCUT2D eigenvalue weighted by Gasteiger charge is 2.33. The van der Waals surface area contributed by atoms with Crippen molar-refractivity contribution in [2.45, 2.75) is 37.6 Å². The third-order valence-electron chi connectivity index (χ3n) is 4.01. The number of hydrogen-bond acceptors (Lipinski definition) is 4. The molecule has 0 spiro atoms. The first-order chi connectivity index (χ1) is 10.2. The quantitative estimate of drug-likeness (QED) is 0.805. The van der Waals surface area contributed by atoms with E-state index in [1.165, 1.54) is 0 Å². The van der Waals surface area contributed by atoms with Gasteiger partial charge in [-0.1, -0.05) is 25.0 Å². The molecule has 1 saturated carbocycles. The van der Waals surface area contributed by atoms with E-state index in [-0.39, 0.29) is 23.9 Å². The Bertz CT molecular complexity index is 476. The van der Waals surface area contributed by atoms with Gasteiger partial charge >= 0.3 is 0 Å². The SMILES string of the molecule is COc1ccccc1OCCC(=O)NC1(CN)CCCC1.Cl. The monoisotopic (exact) mass is 328 g/mol. The molecule has 6 heteroatoms. The van der Waals surface area contributed by atoms with Crippen molar-refractivity contribution in [1.29, 1.82) is 0 Å². The van der Waals surface area contributed by atoms with E-state index in [1.807, 2.05) is 24.3 Å². The fraction of sp³-hybridized carbons (Fsp3) is 0.562. The van der Waals surface area contributed by atoms with Gasteiger partial charge in [0.05, 0.1) is 25.7 Å². The van der Waals surface area contributed by atoms with Gasteiger partial charge in [-0.15, -0.1) is 12.4 Å². The molecule has 2 rings (SSSR count). The molecule has 1 aliphatic carbocycles. The molecule has 1 aromatic carbocycles. The number of halogens is 1. The van der Waals surface area contributed by atoms with E-state index in [9.17, 15) is 4.79 Å². The molecular weight excluding hydrogens is 304 g/mol. The van der Waals surface area contributed by atoms with Crippen LogP contribution in [0.4, 0.5) is 0 Å². The van der Waals surface area contributed by atoms with Gasteiger partial charge < -0.3 is 20.5 Å². The summed E-state index contributed by atoms with van der Waals surface area (Å²) in [5.41, 5.74) is 5.62. The average Bonchev–Trinajstić information content (AvgIpc) is 2.96. The molecule has 5 nitrogen and oxygen atoms in total. The molecule has 0 aliphatic heterocycles. The summed E-state index contributed by atoms with van der Waals surface area (Å²) in [4.78, 5) is 12.0. The van der Waals surface area contributed by atoms with Crippen LogP contribution in [-0.4, -0.2) is 31.7 Å². The normalized spacial score (nSPS) is 15.7. The molecule has 3 N–H and O–H groups in total. The Hall–Kier alpha value is -1.46. The maximum absolute atomic E-state index is 12.0. The Balaban J connectivity index is 0.00000242. The number of methoxy groups -OCH3 is 1. The lowest BCUT2D eigenvalue weighted by Gasteiger charge is -2.28. The summed E-state index contributed by atoms with van der Waals surface area (Å²) in [7, 11) is 1.60. The summed E-state index contributed by atoms with van der Waals surface area (Å²) < 4.78 is 10.8. The van der Waals surface area contributed by atoms with Crippen molar-refractivity contribution in [3.8, 4) is 11.5 Å². The first-order valence-electron chi connectivity index (χ1n) is 7.46. The van der Waals surface area contributed by atoms with E-state index in [2.05, 4.69) is 5.32 Å². The van der Waals surface area contributed by atoms with Crippen molar-refractivity contribution in [3.05, 3.63) is 24.3 Å². The Morgan fingerprint density at radius 1 is 1.27 bits per heavy atom. The van der Waals surface area contributed by atoms with Crippen molar-refractivity contribution in [2.24, 2.45) is 5.73 Å². The third kappa shape index (κ3) is 4.78. The summed E-state index contributed by atoms with van der Waals surface area (Å²) in [5.74, 6) is 1.33. The first kappa shape index (κ1) is 18.6. The van der Waals surface area contributed by atoms with Crippen LogP contribution in [0.5, 0.6) is 11.5 Å². The lowest BCUT2D eigenvalue weighted by atomic mass is 9.98. The van der Waals surface area contributed by atoms with Crippen molar-refractivity contribution in [2.75, 3.05) is 20.3 Å². The lowest BCUT2D eigenvalue weighted by Crippen LogP contribution is -2.51. The zero-order valence-corrected chi connectivity index (χ0v) is 13.8. The topological polar surface area (TPSA) is 73.6 Å². The zero-order valence-electron chi connectivity index (χ0n) is 13.0. The van der Waals surface area contributed by atoms with E-state index < -0.39 is 0 Å². The van der Waals surface area contributed by atoms with Crippen LogP contribution in [0.25, 0.3) is 0 Å². The van der Waals surface area contributed by atoms with Crippen LogP contribution in [0.2, 0.25) is 0 Å². The van der Waals surface area contributed by atoms with Gasteiger partial charge in [0.15, 0.2) is 11.5 Å². The summed E-state index contributed by atoms with van der Waals surface area (Å²) in [6.45, 7) is 0.832. The zero-order chi connectivity index (χ0) is 15.1. The largest absolute Gasteiger partial charge is 0.493 e. The summed E-state index contributed by atoms with van der Waals surface area (Å²) in [5, 5.41) is 3.08. The summed E-state index contributed by atoms with van der Waals surface area (Å²) in [6, 6.07) is 7.41. The molecule has 0 radical (unpaired) electrons. The number of ether oxygens (including phenoxy) is 2. The van der Waals surface area contributed by atoms with Gasteiger partial charge in [-0.25, -0.2) is 0 Å². The molecule has 1 amide bonds. The highest BCUT2D eigenvalue weighted by molar-refractivity contribution is 5.85. The molecule has 1 fully saturated rings. The molecule has 0 atom stereocenters. The number of nitrogens with one attached hydrogen (secondary N) is 1. The number of carbonyl (C=O) groups excluding carboxylic acids is 1. The Morgan fingerprint density at radius 3 is 2.50 bits per heavy atom. The van der Waals surface area contributed by atoms with Crippen LogP contribution >= 0.6 is 12.4 Å². The van der Waals surface area contributed by atoms with Crippen molar-refractivity contribution in [1.82, 2.24) is 5.32 Å². The molecule has 1 aromatic rings. The second kappa shape index (κ2) is 8.86. The molecule has 1 aliphatic rings.